The van der Waals surface area contributed by atoms with Gasteiger partial charge in [-0.15, -0.1) is 0 Å². The van der Waals surface area contributed by atoms with Crippen molar-refractivity contribution in [1.29, 1.82) is 0 Å². The lowest BCUT2D eigenvalue weighted by molar-refractivity contribution is -0.136. The summed E-state index contributed by atoms with van der Waals surface area (Å²) in [5.41, 5.74) is 1.68. The van der Waals surface area contributed by atoms with Gasteiger partial charge in [0, 0.05) is 10.7 Å². The second-order valence-electron chi connectivity index (χ2n) is 7.75. The molecule has 2 N–H and O–H groups in total. The number of nitrogens with one attached hydrogen (secondary N) is 2. The van der Waals surface area contributed by atoms with Gasteiger partial charge in [0.05, 0.1) is 0 Å². The zero-order chi connectivity index (χ0) is 20.5. The quantitative estimate of drug-likeness (QED) is 0.729. The van der Waals surface area contributed by atoms with Gasteiger partial charge in [0.25, 0.3) is 5.91 Å². The number of urea groups is 1. The highest BCUT2D eigenvalue weighted by Gasteiger charge is 2.55. The van der Waals surface area contributed by atoms with E-state index in [9.17, 15) is 14.4 Å². The first-order chi connectivity index (χ1) is 13.3. The van der Waals surface area contributed by atoms with Crippen LogP contribution in [0, 0.1) is 5.92 Å². The minimum Gasteiger partial charge on any atom is -0.324 e. The van der Waals surface area contributed by atoms with Gasteiger partial charge in [-0.3, -0.25) is 14.5 Å². The van der Waals surface area contributed by atoms with E-state index in [-0.39, 0.29) is 18.4 Å². The summed E-state index contributed by atoms with van der Waals surface area (Å²) in [5.74, 6) is -0.606. The monoisotopic (exact) mass is 405 g/mol. The van der Waals surface area contributed by atoms with Crippen LogP contribution in [0.15, 0.2) is 12.1 Å². The Kier molecular flexibility index (Phi) is 5.98. The van der Waals surface area contributed by atoms with Crippen LogP contribution in [-0.4, -0.2) is 34.8 Å². The molecule has 1 aliphatic heterocycles. The normalized spacial score (nSPS) is 24.6. The van der Waals surface area contributed by atoms with Gasteiger partial charge in [0.15, 0.2) is 0 Å². The Hall–Kier alpha value is -2.08. The van der Waals surface area contributed by atoms with Gasteiger partial charge in [-0.1, -0.05) is 51.3 Å². The minimum absolute atomic E-state index is 0.0667. The Balaban J connectivity index is 1.78. The van der Waals surface area contributed by atoms with E-state index < -0.39 is 17.5 Å². The first kappa shape index (κ1) is 20.6. The molecule has 28 heavy (non-hydrogen) atoms. The van der Waals surface area contributed by atoms with E-state index in [2.05, 4.69) is 10.6 Å². The average Bonchev–Trinajstić information content (AvgIpc) is 2.89. The van der Waals surface area contributed by atoms with E-state index in [1.165, 1.54) is 0 Å². The molecule has 1 aromatic rings. The molecule has 1 aromatic carbocycles. The molecule has 1 spiro atoms. The number of anilines is 1. The minimum atomic E-state index is -0.852. The number of rotatable bonds is 5. The fraction of sp³-hybridized carbons (Fsp3) is 0.571. The fourth-order valence-corrected chi connectivity index (χ4v) is 4.72. The molecule has 2 unspecified atom stereocenters. The standard InChI is InChI=1S/C21H28ClN3O3/c1-4-14-9-10-16(22)15(5-2)18(14)23-17(26)12-25-19(27)21(24-20(25)28)11-7-6-8-13(21)3/h9-10,13H,4-8,11-12H2,1-3H3,(H,23,26)(H,24,28). The number of hydrogen-bond acceptors (Lipinski definition) is 3. The van der Waals surface area contributed by atoms with E-state index in [0.717, 1.165) is 41.7 Å². The third-order valence-corrected chi connectivity index (χ3v) is 6.50. The van der Waals surface area contributed by atoms with Crippen LogP contribution in [-0.2, 0) is 22.4 Å². The first-order valence-electron chi connectivity index (χ1n) is 10.1. The Morgan fingerprint density at radius 1 is 1.29 bits per heavy atom. The molecule has 6 nitrogen and oxygen atoms in total. The zero-order valence-electron chi connectivity index (χ0n) is 16.7. The van der Waals surface area contributed by atoms with E-state index >= 15 is 0 Å². The van der Waals surface area contributed by atoms with Gasteiger partial charge in [-0.25, -0.2) is 4.79 Å². The third-order valence-electron chi connectivity index (χ3n) is 6.14. The van der Waals surface area contributed by atoms with E-state index in [1.807, 2.05) is 32.9 Å². The van der Waals surface area contributed by atoms with Crippen LogP contribution in [0.3, 0.4) is 0 Å². The highest BCUT2D eigenvalue weighted by molar-refractivity contribution is 6.32. The fourth-order valence-electron chi connectivity index (χ4n) is 4.43. The lowest BCUT2D eigenvalue weighted by Gasteiger charge is -2.36. The average molecular weight is 406 g/mol. The van der Waals surface area contributed by atoms with Crippen molar-refractivity contribution in [3.8, 4) is 0 Å². The number of nitrogens with zero attached hydrogens (tertiary/aromatic N) is 1. The van der Waals surface area contributed by atoms with Crippen LogP contribution < -0.4 is 10.6 Å². The molecule has 2 atom stereocenters. The summed E-state index contributed by atoms with van der Waals surface area (Å²) < 4.78 is 0. The predicted molar refractivity (Wildman–Crippen MR) is 109 cm³/mol. The molecule has 1 saturated carbocycles. The molecule has 2 fully saturated rings. The lowest BCUT2D eigenvalue weighted by Crippen LogP contribution is -2.54. The van der Waals surface area contributed by atoms with Crippen molar-refractivity contribution in [2.45, 2.75) is 64.8 Å². The van der Waals surface area contributed by atoms with Gasteiger partial charge in [-0.2, -0.15) is 0 Å². The van der Waals surface area contributed by atoms with Crippen LogP contribution in [0.4, 0.5) is 10.5 Å². The van der Waals surface area contributed by atoms with Crippen molar-refractivity contribution in [3.63, 3.8) is 0 Å². The van der Waals surface area contributed by atoms with Crippen molar-refractivity contribution in [3.05, 3.63) is 28.3 Å². The Morgan fingerprint density at radius 3 is 2.68 bits per heavy atom. The summed E-state index contributed by atoms with van der Waals surface area (Å²) in [6.45, 7) is 5.68. The number of imide groups is 1. The summed E-state index contributed by atoms with van der Waals surface area (Å²) in [6, 6.07) is 3.25. The molecular formula is C21H28ClN3O3. The summed E-state index contributed by atoms with van der Waals surface area (Å²) in [6.07, 6.45) is 4.90. The molecule has 1 heterocycles. The van der Waals surface area contributed by atoms with Crippen molar-refractivity contribution >= 4 is 35.1 Å². The molecule has 2 aliphatic rings. The van der Waals surface area contributed by atoms with Crippen LogP contribution >= 0.6 is 11.6 Å². The smallest absolute Gasteiger partial charge is 0.324 e. The second-order valence-corrected chi connectivity index (χ2v) is 8.16. The van der Waals surface area contributed by atoms with Gasteiger partial charge in [-0.05, 0) is 48.8 Å². The van der Waals surface area contributed by atoms with Crippen molar-refractivity contribution < 1.29 is 14.4 Å². The largest absolute Gasteiger partial charge is 0.325 e. The molecule has 4 amide bonds. The van der Waals surface area contributed by atoms with E-state index in [0.29, 0.717) is 23.6 Å². The highest BCUT2D eigenvalue weighted by atomic mass is 35.5. The van der Waals surface area contributed by atoms with Crippen LogP contribution in [0.1, 0.15) is 57.6 Å². The van der Waals surface area contributed by atoms with Crippen molar-refractivity contribution in [2.75, 3.05) is 11.9 Å². The topological polar surface area (TPSA) is 78.5 Å². The van der Waals surface area contributed by atoms with Crippen LogP contribution in [0.5, 0.6) is 0 Å². The van der Waals surface area contributed by atoms with E-state index in [1.54, 1.807) is 0 Å². The molecule has 3 rings (SSSR count). The molecule has 0 bridgehead atoms. The second kappa shape index (κ2) is 8.11. The van der Waals surface area contributed by atoms with Crippen molar-refractivity contribution in [1.82, 2.24) is 10.2 Å². The Bertz CT molecular complexity index is 810. The van der Waals surface area contributed by atoms with Gasteiger partial charge in [0.1, 0.15) is 12.1 Å². The maximum atomic E-state index is 13.0. The van der Waals surface area contributed by atoms with Gasteiger partial charge < -0.3 is 10.6 Å². The molecule has 0 radical (unpaired) electrons. The molecule has 152 valence electrons. The predicted octanol–water partition coefficient (Wildman–Crippen LogP) is 3.90. The van der Waals surface area contributed by atoms with Crippen molar-refractivity contribution in [2.24, 2.45) is 5.92 Å². The lowest BCUT2D eigenvalue weighted by atomic mass is 9.73. The van der Waals surface area contributed by atoms with Gasteiger partial charge >= 0.3 is 6.03 Å². The zero-order valence-corrected chi connectivity index (χ0v) is 17.5. The number of amides is 4. The number of aryl methyl sites for hydroxylation is 1. The van der Waals surface area contributed by atoms with E-state index in [4.69, 9.17) is 11.6 Å². The molecular weight excluding hydrogens is 378 g/mol. The number of halogens is 1. The summed E-state index contributed by atoms with van der Waals surface area (Å²) in [4.78, 5) is 39.3. The maximum absolute atomic E-state index is 13.0. The van der Waals surface area contributed by atoms with Crippen LogP contribution in [0.2, 0.25) is 5.02 Å². The first-order valence-corrected chi connectivity index (χ1v) is 10.5. The number of carbonyl (C=O) groups excluding carboxylic acids is 3. The molecule has 7 heteroatoms. The number of hydrogen-bond donors (Lipinski definition) is 2. The third kappa shape index (κ3) is 3.50. The SMILES string of the molecule is CCc1ccc(Cl)c(CC)c1NC(=O)CN1C(=O)NC2(CCCCC2C)C1=O. The molecule has 1 aliphatic carbocycles. The number of benzene rings is 1. The Labute approximate surface area is 171 Å². The maximum Gasteiger partial charge on any atom is 0.325 e. The van der Waals surface area contributed by atoms with Gasteiger partial charge in [0.2, 0.25) is 5.91 Å². The summed E-state index contributed by atoms with van der Waals surface area (Å²) in [7, 11) is 0. The highest BCUT2D eigenvalue weighted by Crippen LogP contribution is 2.38. The summed E-state index contributed by atoms with van der Waals surface area (Å²) >= 11 is 6.29. The molecule has 1 saturated heterocycles. The summed E-state index contributed by atoms with van der Waals surface area (Å²) in [5, 5.41) is 6.37. The Morgan fingerprint density at radius 2 is 2.04 bits per heavy atom. The van der Waals surface area contributed by atoms with Crippen LogP contribution in [0.25, 0.3) is 0 Å². The molecule has 0 aromatic heterocycles. The number of carbonyl (C=O) groups is 3.